The topological polar surface area (TPSA) is 91.4 Å². The highest BCUT2D eigenvalue weighted by molar-refractivity contribution is 5.95. The van der Waals surface area contributed by atoms with Gasteiger partial charge < -0.3 is 15.5 Å². The molecule has 2 aliphatic rings. The molecule has 10 heteroatoms. The molecule has 1 aliphatic heterocycles. The third-order valence-corrected chi connectivity index (χ3v) is 8.14. The number of halogens is 3. The number of nitrogens with one attached hydrogen (secondary N) is 2. The summed E-state index contributed by atoms with van der Waals surface area (Å²) in [5.41, 5.74) is 1.49. The van der Waals surface area contributed by atoms with Crippen molar-refractivity contribution in [3.8, 4) is 11.1 Å². The van der Waals surface area contributed by atoms with Crippen molar-refractivity contribution in [3.63, 3.8) is 0 Å². The number of hydrogen-bond donors (Lipinski definition) is 2. The molecule has 2 aromatic carbocycles. The van der Waals surface area contributed by atoms with E-state index in [2.05, 4.69) is 15.6 Å². The summed E-state index contributed by atoms with van der Waals surface area (Å²) in [6.45, 7) is 0.500. The second-order valence-electron chi connectivity index (χ2n) is 10.9. The van der Waals surface area contributed by atoms with E-state index < -0.39 is 35.4 Å². The first kappa shape index (κ1) is 29.3. The van der Waals surface area contributed by atoms with Crippen LogP contribution in [0.25, 0.3) is 11.1 Å². The number of hydrogen-bond acceptors (Lipinski definition) is 4. The molecule has 0 spiro atoms. The quantitative estimate of drug-likeness (QED) is 0.389. The molecule has 7 nitrogen and oxygen atoms in total. The molecule has 2 heterocycles. The average molecular weight is 579 g/mol. The summed E-state index contributed by atoms with van der Waals surface area (Å²) < 4.78 is 42.8. The number of amides is 3. The van der Waals surface area contributed by atoms with Gasteiger partial charge >= 0.3 is 0 Å². The lowest BCUT2D eigenvalue weighted by Crippen LogP contribution is -2.48. The zero-order valence-corrected chi connectivity index (χ0v) is 23.3. The van der Waals surface area contributed by atoms with E-state index in [1.165, 1.54) is 43.6 Å². The van der Waals surface area contributed by atoms with E-state index in [0.717, 1.165) is 31.7 Å². The van der Waals surface area contributed by atoms with Crippen LogP contribution >= 0.6 is 0 Å². The molecule has 2 atom stereocenters. The highest BCUT2D eigenvalue weighted by Crippen LogP contribution is 2.33. The molecule has 1 saturated heterocycles. The molecule has 0 radical (unpaired) electrons. The number of pyridine rings is 1. The zero-order chi connectivity index (χ0) is 29.8. The standard InChI is InChI=1S/C32H33F3N4O3/c1-36-30(40)25-17-21(10-11-26(25)35)24-8-4-12-37-29(24)27(16-19-14-22(33)18-23(34)15-19)38-31(41)28-9-5-13-39(28)32(42)20-6-2-3-7-20/h4,8,10-12,14-15,17-18,20,27-28H,2-3,5-7,9,13,16H2,1H3,(H,36,40)(H,38,41)/t27-,28?/m0/s1. The van der Waals surface area contributed by atoms with Gasteiger partial charge in [-0.05, 0) is 73.6 Å². The van der Waals surface area contributed by atoms with Gasteiger partial charge in [0.25, 0.3) is 5.91 Å². The number of likely N-dealkylation sites (tertiary alicyclic amines) is 1. The van der Waals surface area contributed by atoms with Crippen LogP contribution in [0.4, 0.5) is 13.2 Å². The van der Waals surface area contributed by atoms with Crippen molar-refractivity contribution < 1.29 is 27.6 Å². The summed E-state index contributed by atoms with van der Waals surface area (Å²) in [6.07, 6.45) is 6.38. The van der Waals surface area contributed by atoms with Gasteiger partial charge in [0.05, 0.1) is 17.3 Å². The van der Waals surface area contributed by atoms with Gasteiger partial charge in [-0.25, -0.2) is 13.2 Å². The van der Waals surface area contributed by atoms with Crippen LogP contribution < -0.4 is 10.6 Å². The van der Waals surface area contributed by atoms with Crippen LogP contribution in [0.3, 0.4) is 0 Å². The second kappa shape index (κ2) is 12.8. The molecule has 220 valence electrons. The van der Waals surface area contributed by atoms with Crippen molar-refractivity contribution in [2.24, 2.45) is 5.92 Å². The first-order valence-electron chi connectivity index (χ1n) is 14.3. The SMILES string of the molecule is CNC(=O)c1cc(-c2cccnc2[C@H](Cc2cc(F)cc(F)c2)NC(=O)C2CCCN2C(=O)C2CCCC2)ccc1F. The molecule has 1 aliphatic carbocycles. The Kier molecular flexibility index (Phi) is 8.89. The summed E-state index contributed by atoms with van der Waals surface area (Å²) in [6, 6.07) is 9.10. The largest absolute Gasteiger partial charge is 0.355 e. The van der Waals surface area contributed by atoms with Gasteiger partial charge in [-0.15, -0.1) is 0 Å². The van der Waals surface area contributed by atoms with Gasteiger partial charge in [0.1, 0.15) is 23.5 Å². The van der Waals surface area contributed by atoms with Crippen LogP contribution in [-0.4, -0.2) is 47.2 Å². The number of benzene rings is 2. The molecule has 2 N–H and O–H groups in total. The van der Waals surface area contributed by atoms with Gasteiger partial charge in [0.15, 0.2) is 0 Å². The van der Waals surface area contributed by atoms with Crippen molar-refractivity contribution in [3.05, 3.63) is 89.0 Å². The van der Waals surface area contributed by atoms with Gasteiger partial charge in [-0.2, -0.15) is 0 Å². The first-order valence-corrected chi connectivity index (χ1v) is 14.3. The molecule has 1 unspecified atom stereocenters. The molecule has 3 amide bonds. The lowest BCUT2D eigenvalue weighted by Gasteiger charge is -2.29. The molecule has 5 rings (SSSR count). The van der Waals surface area contributed by atoms with Gasteiger partial charge in [0, 0.05) is 37.3 Å². The Morgan fingerprint density at radius 3 is 2.43 bits per heavy atom. The maximum atomic E-state index is 14.5. The van der Waals surface area contributed by atoms with Crippen LogP contribution in [0, 0.1) is 23.4 Å². The molecule has 1 saturated carbocycles. The maximum Gasteiger partial charge on any atom is 0.254 e. The van der Waals surface area contributed by atoms with E-state index in [0.29, 0.717) is 41.8 Å². The van der Waals surface area contributed by atoms with E-state index in [9.17, 15) is 27.6 Å². The van der Waals surface area contributed by atoms with Crippen LogP contribution in [0.2, 0.25) is 0 Å². The van der Waals surface area contributed by atoms with Crippen LogP contribution in [0.15, 0.2) is 54.7 Å². The Bertz CT molecular complexity index is 1470. The maximum absolute atomic E-state index is 14.5. The molecule has 42 heavy (non-hydrogen) atoms. The van der Waals surface area contributed by atoms with Gasteiger partial charge in [-0.3, -0.25) is 19.4 Å². The molecule has 0 bridgehead atoms. The van der Waals surface area contributed by atoms with Crippen molar-refractivity contribution in [2.45, 2.75) is 57.0 Å². The Labute approximate surface area is 242 Å². The lowest BCUT2D eigenvalue weighted by molar-refractivity contribution is -0.141. The van der Waals surface area contributed by atoms with Crippen LogP contribution in [-0.2, 0) is 16.0 Å². The van der Waals surface area contributed by atoms with E-state index in [1.54, 1.807) is 17.0 Å². The summed E-state index contributed by atoms with van der Waals surface area (Å²) in [4.78, 5) is 45.5. The van der Waals surface area contributed by atoms with Crippen molar-refractivity contribution in [1.82, 2.24) is 20.5 Å². The highest BCUT2D eigenvalue weighted by atomic mass is 19.1. The van der Waals surface area contributed by atoms with E-state index in [1.807, 2.05) is 0 Å². The van der Waals surface area contributed by atoms with Crippen LogP contribution in [0.5, 0.6) is 0 Å². The minimum Gasteiger partial charge on any atom is -0.355 e. The zero-order valence-electron chi connectivity index (χ0n) is 23.3. The minimum atomic E-state index is -0.854. The normalized spacial score (nSPS) is 17.7. The summed E-state index contributed by atoms with van der Waals surface area (Å²) >= 11 is 0. The van der Waals surface area contributed by atoms with Gasteiger partial charge in [-0.1, -0.05) is 25.0 Å². The first-order chi connectivity index (χ1) is 20.2. The summed E-state index contributed by atoms with van der Waals surface area (Å²) in [7, 11) is 1.40. The highest BCUT2D eigenvalue weighted by Gasteiger charge is 2.38. The Morgan fingerprint density at radius 1 is 0.976 bits per heavy atom. The number of nitrogens with zero attached hydrogens (tertiary/aromatic N) is 2. The fraction of sp³-hybridized carbons (Fsp3) is 0.375. The lowest BCUT2D eigenvalue weighted by atomic mass is 9.94. The van der Waals surface area contributed by atoms with Crippen molar-refractivity contribution in [1.29, 1.82) is 0 Å². The Hall–Kier alpha value is -4.21. The molecular weight excluding hydrogens is 545 g/mol. The van der Waals surface area contributed by atoms with Crippen molar-refractivity contribution in [2.75, 3.05) is 13.6 Å². The minimum absolute atomic E-state index is 0.000434. The van der Waals surface area contributed by atoms with Crippen LogP contribution in [0.1, 0.15) is 66.2 Å². The smallest absolute Gasteiger partial charge is 0.254 e. The number of carbonyl (C=O) groups is 3. The Balaban J connectivity index is 1.50. The van der Waals surface area contributed by atoms with Crippen molar-refractivity contribution >= 4 is 17.7 Å². The fourth-order valence-electron chi connectivity index (χ4n) is 6.10. The predicted molar refractivity (Wildman–Crippen MR) is 151 cm³/mol. The number of carbonyl (C=O) groups excluding carboxylic acids is 3. The molecular formula is C32H33F3N4O3. The molecule has 2 fully saturated rings. The van der Waals surface area contributed by atoms with E-state index in [4.69, 9.17) is 0 Å². The fourth-order valence-corrected chi connectivity index (χ4v) is 6.10. The monoisotopic (exact) mass is 578 g/mol. The van der Waals surface area contributed by atoms with E-state index >= 15 is 0 Å². The predicted octanol–water partition coefficient (Wildman–Crippen LogP) is 5.11. The summed E-state index contributed by atoms with van der Waals surface area (Å²) in [5.74, 6) is -3.25. The molecule has 1 aromatic heterocycles. The second-order valence-corrected chi connectivity index (χ2v) is 10.9. The third-order valence-electron chi connectivity index (χ3n) is 8.14. The van der Waals surface area contributed by atoms with E-state index in [-0.39, 0.29) is 29.7 Å². The third kappa shape index (κ3) is 6.32. The van der Waals surface area contributed by atoms with Gasteiger partial charge in [0.2, 0.25) is 11.8 Å². The number of rotatable bonds is 8. The molecule has 3 aromatic rings. The average Bonchev–Trinajstić information content (AvgIpc) is 3.69. The summed E-state index contributed by atoms with van der Waals surface area (Å²) in [5, 5.41) is 5.43. The Morgan fingerprint density at radius 2 is 1.71 bits per heavy atom. The number of aromatic nitrogens is 1.